The molecule has 23 heavy (non-hydrogen) atoms. The number of anilines is 1. The number of carbonyl (C=O) groups excluding carboxylic acids is 1. The molecule has 1 aliphatic heterocycles. The summed E-state index contributed by atoms with van der Waals surface area (Å²) in [6, 6.07) is 9.81. The molecule has 3 rings (SSSR count). The maximum absolute atomic E-state index is 13.9. The van der Waals surface area contributed by atoms with Crippen molar-refractivity contribution >= 4 is 21.7 Å². The summed E-state index contributed by atoms with van der Waals surface area (Å²) in [5, 5.41) is 0. The van der Waals surface area contributed by atoms with Gasteiger partial charge in [0.1, 0.15) is 5.82 Å². The molecule has 1 heterocycles. The maximum atomic E-state index is 13.9. The van der Waals surface area contributed by atoms with Gasteiger partial charge in [-0.25, -0.2) is 22.3 Å². The van der Waals surface area contributed by atoms with Gasteiger partial charge >= 0.3 is 6.03 Å². The van der Waals surface area contributed by atoms with E-state index in [2.05, 4.69) is 0 Å². The number of amides is 2. The number of carbonyl (C=O) groups is 1. The van der Waals surface area contributed by atoms with E-state index in [-0.39, 0.29) is 17.1 Å². The lowest BCUT2D eigenvalue weighted by Gasteiger charge is -2.18. The molecule has 1 N–H and O–H groups in total. The van der Waals surface area contributed by atoms with Crippen LogP contribution in [0.3, 0.4) is 0 Å². The fourth-order valence-corrected chi connectivity index (χ4v) is 3.51. The lowest BCUT2D eigenvalue weighted by Crippen LogP contribution is -2.42. The van der Waals surface area contributed by atoms with Gasteiger partial charge in [0, 0.05) is 6.54 Å². The number of nitrogens with one attached hydrogen (secondary N) is 1. The molecule has 0 spiro atoms. The molecule has 120 valence electrons. The minimum absolute atomic E-state index is 0.00981. The number of halogens is 1. The normalized spacial score (nSPS) is 13.7. The van der Waals surface area contributed by atoms with Gasteiger partial charge < -0.3 is 0 Å². The highest BCUT2D eigenvalue weighted by atomic mass is 32.2. The van der Waals surface area contributed by atoms with E-state index in [4.69, 9.17) is 0 Å². The largest absolute Gasteiger partial charge is 0.335 e. The topological polar surface area (TPSA) is 66.5 Å². The Kier molecular flexibility index (Phi) is 3.81. The molecule has 2 aromatic carbocycles. The number of urea groups is 1. The predicted molar refractivity (Wildman–Crippen MR) is 84.3 cm³/mol. The van der Waals surface area contributed by atoms with Crippen molar-refractivity contribution in [2.45, 2.75) is 18.2 Å². The van der Waals surface area contributed by atoms with Gasteiger partial charge in [0.25, 0.3) is 10.0 Å². The number of nitrogens with zero attached hydrogens (tertiary/aromatic N) is 1. The van der Waals surface area contributed by atoms with Crippen molar-refractivity contribution < 1.29 is 17.6 Å². The number of aryl methyl sites for hydroxylation is 1. The van der Waals surface area contributed by atoms with Gasteiger partial charge in [-0.05, 0) is 37.1 Å². The summed E-state index contributed by atoms with van der Waals surface area (Å²) in [7, 11) is -3.99. The van der Waals surface area contributed by atoms with Crippen LogP contribution in [0.5, 0.6) is 0 Å². The summed E-state index contributed by atoms with van der Waals surface area (Å²) >= 11 is 0. The Balaban J connectivity index is 1.85. The van der Waals surface area contributed by atoms with E-state index in [9.17, 15) is 17.6 Å². The summed E-state index contributed by atoms with van der Waals surface area (Å²) in [4.78, 5) is 13.4. The molecule has 2 aromatic rings. The van der Waals surface area contributed by atoms with Crippen molar-refractivity contribution in [2.75, 3.05) is 11.4 Å². The SMILES string of the molecule is Cc1ccc(S(=O)(=O)NC(=O)N2CCc3cccc(F)c32)cc1. The smallest absolute Gasteiger partial charge is 0.290 e. The molecule has 5 nitrogen and oxygen atoms in total. The van der Waals surface area contributed by atoms with Gasteiger partial charge in [-0.3, -0.25) is 4.90 Å². The Morgan fingerprint density at radius 2 is 1.87 bits per heavy atom. The van der Waals surface area contributed by atoms with Gasteiger partial charge in [0.15, 0.2) is 0 Å². The second kappa shape index (κ2) is 5.66. The minimum atomic E-state index is -3.99. The zero-order chi connectivity index (χ0) is 16.6. The van der Waals surface area contributed by atoms with Crippen LogP contribution in [0.25, 0.3) is 0 Å². The van der Waals surface area contributed by atoms with Crippen LogP contribution in [0, 0.1) is 12.7 Å². The third-order valence-corrected chi connectivity index (χ3v) is 5.08. The quantitative estimate of drug-likeness (QED) is 0.918. The molecular formula is C16H15FN2O3S. The lowest BCUT2D eigenvalue weighted by atomic mass is 10.2. The van der Waals surface area contributed by atoms with Gasteiger partial charge in [0.05, 0.1) is 10.6 Å². The molecule has 0 aliphatic carbocycles. The molecule has 0 saturated carbocycles. The number of sulfonamides is 1. The van der Waals surface area contributed by atoms with E-state index >= 15 is 0 Å². The van der Waals surface area contributed by atoms with E-state index in [0.717, 1.165) is 10.5 Å². The summed E-state index contributed by atoms with van der Waals surface area (Å²) in [6.45, 7) is 2.07. The Bertz CT molecular complexity index is 863. The van der Waals surface area contributed by atoms with Crippen molar-refractivity contribution in [1.82, 2.24) is 4.72 Å². The number of para-hydroxylation sites is 1. The summed E-state index contributed by atoms with van der Waals surface area (Å²) < 4.78 is 40.4. The maximum Gasteiger partial charge on any atom is 0.335 e. The molecule has 2 amide bonds. The predicted octanol–water partition coefficient (Wildman–Crippen LogP) is 2.60. The monoisotopic (exact) mass is 334 g/mol. The molecule has 0 fully saturated rings. The molecule has 0 radical (unpaired) electrons. The van der Waals surface area contributed by atoms with E-state index < -0.39 is 21.9 Å². The Labute approximate surface area is 133 Å². The second-order valence-electron chi connectivity index (χ2n) is 5.37. The van der Waals surface area contributed by atoms with Crippen LogP contribution in [0.1, 0.15) is 11.1 Å². The average Bonchev–Trinajstić information content (AvgIpc) is 2.93. The minimum Gasteiger partial charge on any atom is -0.290 e. The van der Waals surface area contributed by atoms with Crippen molar-refractivity contribution in [3.8, 4) is 0 Å². The molecule has 0 unspecified atom stereocenters. The van der Waals surface area contributed by atoms with E-state index in [1.54, 1.807) is 24.3 Å². The number of hydrogen-bond donors (Lipinski definition) is 1. The summed E-state index contributed by atoms with van der Waals surface area (Å²) in [5.74, 6) is -0.539. The standard InChI is InChI=1S/C16H15FN2O3S/c1-11-5-7-13(8-6-11)23(21,22)18-16(20)19-10-9-12-3-2-4-14(17)15(12)19/h2-8H,9-10H2,1H3,(H,18,20). The fraction of sp³-hybridized carbons (Fsp3) is 0.188. The van der Waals surface area contributed by atoms with Crippen LogP contribution >= 0.6 is 0 Å². The third kappa shape index (κ3) is 2.92. The highest BCUT2D eigenvalue weighted by molar-refractivity contribution is 7.90. The zero-order valence-corrected chi connectivity index (χ0v) is 13.2. The van der Waals surface area contributed by atoms with Crippen LogP contribution in [0.2, 0.25) is 0 Å². The van der Waals surface area contributed by atoms with Gasteiger partial charge in [-0.2, -0.15) is 0 Å². The van der Waals surface area contributed by atoms with Crippen molar-refractivity contribution in [3.63, 3.8) is 0 Å². The molecule has 0 bridgehead atoms. The Hall–Kier alpha value is -2.41. The van der Waals surface area contributed by atoms with Crippen LogP contribution in [0.15, 0.2) is 47.4 Å². The van der Waals surface area contributed by atoms with Gasteiger partial charge in [-0.1, -0.05) is 29.8 Å². The summed E-state index contributed by atoms with van der Waals surface area (Å²) in [6.07, 6.45) is 0.491. The van der Waals surface area contributed by atoms with Gasteiger partial charge in [0.2, 0.25) is 0 Å². The summed E-state index contributed by atoms with van der Waals surface area (Å²) in [5.41, 5.74) is 1.74. The molecule has 0 saturated heterocycles. The second-order valence-corrected chi connectivity index (χ2v) is 7.06. The molecule has 0 atom stereocenters. The number of hydrogen-bond acceptors (Lipinski definition) is 3. The van der Waals surface area contributed by atoms with Crippen LogP contribution in [0.4, 0.5) is 14.9 Å². The van der Waals surface area contributed by atoms with Crippen LogP contribution < -0.4 is 9.62 Å². The van der Waals surface area contributed by atoms with Crippen LogP contribution in [-0.4, -0.2) is 21.0 Å². The first-order chi connectivity index (χ1) is 10.9. The first kappa shape index (κ1) is 15.5. The number of benzene rings is 2. The fourth-order valence-electron chi connectivity index (χ4n) is 2.56. The first-order valence-corrected chi connectivity index (χ1v) is 8.55. The van der Waals surface area contributed by atoms with E-state index in [0.29, 0.717) is 12.0 Å². The highest BCUT2D eigenvalue weighted by Gasteiger charge is 2.30. The first-order valence-electron chi connectivity index (χ1n) is 7.07. The van der Waals surface area contributed by atoms with E-state index in [1.165, 1.54) is 18.2 Å². The zero-order valence-electron chi connectivity index (χ0n) is 12.4. The lowest BCUT2D eigenvalue weighted by molar-refractivity contribution is 0.251. The number of fused-ring (bicyclic) bond motifs is 1. The van der Waals surface area contributed by atoms with Gasteiger partial charge in [-0.15, -0.1) is 0 Å². The van der Waals surface area contributed by atoms with Crippen molar-refractivity contribution in [3.05, 3.63) is 59.4 Å². The van der Waals surface area contributed by atoms with Crippen molar-refractivity contribution in [2.24, 2.45) is 0 Å². The molecular weight excluding hydrogens is 319 g/mol. The highest BCUT2D eigenvalue weighted by Crippen LogP contribution is 2.30. The average molecular weight is 334 g/mol. The molecule has 1 aliphatic rings. The Morgan fingerprint density at radius 1 is 1.17 bits per heavy atom. The third-order valence-electron chi connectivity index (χ3n) is 3.74. The molecule has 0 aromatic heterocycles. The van der Waals surface area contributed by atoms with Crippen molar-refractivity contribution in [1.29, 1.82) is 0 Å². The van der Waals surface area contributed by atoms with E-state index in [1.807, 2.05) is 11.6 Å². The number of rotatable bonds is 2. The Morgan fingerprint density at radius 3 is 2.57 bits per heavy atom. The van der Waals surface area contributed by atoms with Crippen LogP contribution in [-0.2, 0) is 16.4 Å². The molecule has 7 heteroatoms.